The molecule has 1 atom stereocenters. The number of amides is 1. The highest BCUT2D eigenvalue weighted by molar-refractivity contribution is 6.22. The van der Waals surface area contributed by atoms with Crippen LogP contribution in [-0.4, -0.2) is 25.2 Å². The number of alkyl halides is 3. The van der Waals surface area contributed by atoms with Crippen LogP contribution in [0.15, 0.2) is 30.3 Å². The molecule has 1 aromatic rings. The molecule has 0 saturated heterocycles. The summed E-state index contributed by atoms with van der Waals surface area (Å²) >= 11 is 0. The summed E-state index contributed by atoms with van der Waals surface area (Å²) in [4.78, 5) is 11.5. The number of carbonyl (C=O) groups is 1. The summed E-state index contributed by atoms with van der Waals surface area (Å²) in [5, 5.41) is 1.88. The van der Waals surface area contributed by atoms with Gasteiger partial charge in [-0.15, -0.1) is 0 Å². The van der Waals surface area contributed by atoms with Crippen molar-refractivity contribution >= 4 is 11.5 Å². The fourth-order valence-electron chi connectivity index (χ4n) is 1.70. The Kier molecular flexibility index (Phi) is 3.02. The number of ether oxygens (including phenoxy) is 1. The lowest BCUT2D eigenvalue weighted by molar-refractivity contribution is -0.148. The Labute approximate surface area is 101 Å². The van der Waals surface area contributed by atoms with Crippen LogP contribution in [0.1, 0.15) is 5.56 Å². The molecule has 1 unspecified atom stereocenters. The van der Waals surface area contributed by atoms with Gasteiger partial charge in [-0.05, 0) is 23.8 Å². The van der Waals surface area contributed by atoms with E-state index in [1.54, 1.807) is 18.2 Å². The molecule has 1 amide bonds. The monoisotopic (exact) mass is 257 g/mol. The van der Waals surface area contributed by atoms with Crippen molar-refractivity contribution in [2.45, 2.75) is 12.2 Å². The highest BCUT2D eigenvalue weighted by atomic mass is 19.4. The molecule has 1 aliphatic rings. The summed E-state index contributed by atoms with van der Waals surface area (Å²) in [7, 11) is 1.45. The van der Waals surface area contributed by atoms with Crippen LogP contribution in [0.25, 0.3) is 5.57 Å². The second-order valence-electron chi connectivity index (χ2n) is 3.81. The molecule has 18 heavy (non-hydrogen) atoms. The van der Waals surface area contributed by atoms with Gasteiger partial charge in [0.1, 0.15) is 11.8 Å². The third-order valence-electron chi connectivity index (χ3n) is 2.60. The lowest BCUT2D eigenvalue weighted by atomic mass is 10.1. The molecule has 0 saturated carbocycles. The highest BCUT2D eigenvalue weighted by Crippen LogP contribution is 2.30. The van der Waals surface area contributed by atoms with Crippen molar-refractivity contribution in [2.75, 3.05) is 7.11 Å². The number of hydrogen-bond acceptors (Lipinski definition) is 2. The van der Waals surface area contributed by atoms with E-state index in [0.717, 1.165) is 6.08 Å². The van der Waals surface area contributed by atoms with Crippen molar-refractivity contribution in [3.05, 3.63) is 35.9 Å². The Hall–Kier alpha value is -1.98. The molecule has 1 N–H and O–H groups in total. The van der Waals surface area contributed by atoms with Gasteiger partial charge in [0, 0.05) is 5.57 Å². The molecule has 0 radical (unpaired) electrons. The Morgan fingerprint density at radius 3 is 2.61 bits per heavy atom. The molecule has 0 spiro atoms. The lowest BCUT2D eigenvalue weighted by Crippen LogP contribution is -2.39. The van der Waals surface area contributed by atoms with E-state index in [2.05, 4.69) is 0 Å². The van der Waals surface area contributed by atoms with Gasteiger partial charge in [-0.25, -0.2) is 0 Å². The van der Waals surface area contributed by atoms with Gasteiger partial charge in [-0.1, -0.05) is 12.1 Å². The summed E-state index contributed by atoms with van der Waals surface area (Å²) in [5.41, 5.74) is 0.412. The maximum Gasteiger partial charge on any atom is 0.412 e. The quantitative estimate of drug-likeness (QED) is 0.881. The zero-order valence-corrected chi connectivity index (χ0v) is 9.41. The Morgan fingerprint density at radius 2 is 2.06 bits per heavy atom. The molecular formula is C12H10F3NO2. The van der Waals surface area contributed by atoms with Gasteiger partial charge in [0.05, 0.1) is 7.11 Å². The van der Waals surface area contributed by atoms with E-state index < -0.39 is 18.1 Å². The van der Waals surface area contributed by atoms with Gasteiger partial charge in [-0.2, -0.15) is 13.2 Å². The molecule has 0 aromatic heterocycles. The van der Waals surface area contributed by atoms with Crippen molar-refractivity contribution in [2.24, 2.45) is 0 Å². The molecule has 2 rings (SSSR count). The third-order valence-corrected chi connectivity index (χ3v) is 2.60. The van der Waals surface area contributed by atoms with E-state index >= 15 is 0 Å². The minimum absolute atomic E-state index is 0.0104. The molecule has 6 heteroatoms. The Balaban J connectivity index is 2.35. The maximum absolute atomic E-state index is 12.5. The maximum atomic E-state index is 12.5. The van der Waals surface area contributed by atoms with Gasteiger partial charge < -0.3 is 10.1 Å². The van der Waals surface area contributed by atoms with Gasteiger partial charge in [0.2, 0.25) is 0 Å². The molecule has 0 fully saturated rings. The topological polar surface area (TPSA) is 38.3 Å². The van der Waals surface area contributed by atoms with Crippen LogP contribution >= 0.6 is 0 Å². The first kappa shape index (κ1) is 12.5. The average Bonchev–Trinajstić information content (AvgIpc) is 2.71. The molecule has 1 aliphatic heterocycles. The number of rotatable bonds is 2. The van der Waals surface area contributed by atoms with Crippen LogP contribution < -0.4 is 10.1 Å². The van der Waals surface area contributed by atoms with Crippen LogP contribution in [0.3, 0.4) is 0 Å². The fourth-order valence-corrected chi connectivity index (χ4v) is 1.70. The second kappa shape index (κ2) is 4.36. The van der Waals surface area contributed by atoms with E-state index in [4.69, 9.17) is 4.74 Å². The van der Waals surface area contributed by atoms with E-state index in [1.807, 2.05) is 5.32 Å². The van der Waals surface area contributed by atoms with E-state index in [1.165, 1.54) is 13.2 Å². The van der Waals surface area contributed by atoms with Gasteiger partial charge in [0.25, 0.3) is 5.91 Å². The zero-order valence-electron chi connectivity index (χ0n) is 9.41. The summed E-state index contributed by atoms with van der Waals surface area (Å²) in [6, 6.07) is 4.42. The fraction of sp³-hybridized carbons (Fsp3) is 0.250. The number of carbonyl (C=O) groups excluding carboxylic acids is 1. The predicted molar refractivity (Wildman–Crippen MR) is 59.0 cm³/mol. The van der Waals surface area contributed by atoms with Gasteiger partial charge in [0.15, 0.2) is 0 Å². The standard InChI is InChI=1S/C12H10F3NO2/c1-18-8-4-2-3-7(5-8)9-6-10(12(13,14)15)16-11(9)17/h2-6,10H,1H3,(H,16,17). The molecule has 0 bridgehead atoms. The summed E-state index contributed by atoms with van der Waals surface area (Å²) in [6.07, 6.45) is -3.59. The lowest BCUT2D eigenvalue weighted by Gasteiger charge is -2.12. The average molecular weight is 257 g/mol. The molecule has 3 nitrogen and oxygen atoms in total. The van der Waals surface area contributed by atoms with E-state index in [9.17, 15) is 18.0 Å². The van der Waals surface area contributed by atoms with Crippen LogP contribution in [0.2, 0.25) is 0 Å². The van der Waals surface area contributed by atoms with Crippen molar-refractivity contribution < 1.29 is 22.7 Å². The molecule has 1 heterocycles. The van der Waals surface area contributed by atoms with E-state index in [0.29, 0.717) is 11.3 Å². The first-order valence-corrected chi connectivity index (χ1v) is 5.15. The van der Waals surface area contributed by atoms with Crippen LogP contribution in [0.5, 0.6) is 5.75 Å². The summed E-state index contributed by atoms with van der Waals surface area (Å²) in [5.74, 6) is -0.248. The highest BCUT2D eigenvalue weighted by Gasteiger charge is 2.43. The predicted octanol–water partition coefficient (Wildman–Crippen LogP) is 2.14. The van der Waals surface area contributed by atoms with E-state index in [-0.39, 0.29) is 5.57 Å². The summed E-state index contributed by atoms with van der Waals surface area (Å²) < 4.78 is 42.4. The van der Waals surface area contributed by atoms with Crippen LogP contribution in [0.4, 0.5) is 13.2 Å². The first-order valence-electron chi connectivity index (χ1n) is 5.15. The minimum atomic E-state index is -4.48. The van der Waals surface area contributed by atoms with Crippen LogP contribution in [-0.2, 0) is 4.79 Å². The van der Waals surface area contributed by atoms with Crippen molar-refractivity contribution in [1.82, 2.24) is 5.32 Å². The SMILES string of the molecule is COc1cccc(C2=CC(C(F)(F)F)NC2=O)c1. The molecular weight excluding hydrogens is 247 g/mol. The third kappa shape index (κ3) is 2.32. The number of nitrogens with one attached hydrogen (secondary N) is 1. The van der Waals surface area contributed by atoms with Gasteiger partial charge in [-0.3, -0.25) is 4.79 Å². The van der Waals surface area contributed by atoms with Crippen molar-refractivity contribution in [3.8, 4) is 5.75 Å². The molecule has 0 aliphatic carbocycles. The minimum Gasteiger partial charge on any atom is -0.497 e. The second-order valence-corrected chi connectivity index (χ2v) is 3.81. The normalized spacial score (nSPS) is 19.4. The van der Waals surface area contributed by atoms with Crippen LogP contribution in [0, 0.1) is 0 Å². The number of hydrogen-bond donors (Lipinski definition) is 1. The number of halogens is 3. The van der Waals surface area contributed by atoms with Crippen molar-refractivity contribution in [3.63, 3.8) is 0 Å². The van der Waals surface area contributed by atoms with Gasteiger partial charge >= 0.3 is 6.18 Å². The first-order chi connectivity index (χ1) is 8.41. The summed E-state index contributed by atoms with van der Waals surface area (Å²) in [6.45, 7) is 0. The number of benzene rings is 1. The Morgan fingerprint density at radius 1 is 1.33 bits per heavy atom. The molecule has 1 aromatic carbocycles. The van der Waals surface area contributed by atoms with Crippen molar-refractivity contribution in [1.29, 1.82) is 0 Å². The Bertz CT molecular complexity index is 508. The smallest absolute Gasteiger partial charge is 0.412 e. The largest absolute Gasteiger partial charge is 0.497 e. The molecule has 96 valence electrons. The zero-order chi connectivity index (χ0) is 13.3. The number of methoxy groups -OCH3 is 1.